The van der Waals surface area contributed by atoms with Gasteiger partial charge in [-0.25, -0.2) is 10.9 Å². The highest BCUT2D eigenvalue weighted by atomic mass is 16.5. The molecule has 1 aliphatic heterocycles. The highest BCUT2D eigenvalue weighted by molar-refractivity contribution is 6.38. The molecule has 0 aromatic heterocycles. The average Bonchev–Trinajstić information content (AvgIpc) is 3.30. The van der Waals surface area contributed by atoms with Crippen molar-refractivity contribution >= 4 is 53.3 Å². The summed E-state index contributed by atoms with van der Waals surface area (Å²) >= 11 is 0. The summed E-state index contributed by atoms with van der Waals surface area (Å²) in [4.78, 5) is 97.6. The molecule has 1 aliphatic rings. The Kier molecular flexibility index (Phi) is 14.3. The molecule has 250 valence electrons. The molecule has 1 heterocycles. The lowest BCUT2D eigenvalue weighted by Gasteiger charge is -2.19. The first-order valence-electron chi connectivity index (χ1n) is 15.0. The molecule has 0 bridgehead atoms. The minimum atomic E-state index is -1.03. The van der Waals surface area contributed by atoms with E-state index in [-0.39, 0.29) is 69.7 Å². The highest BCUT2D eigenvalue weighted by Crippen LogP contribution is 2.19. The van der Waals surface area contributed by atoms with Gasteiger partial charge in [-0.05, 0) is 29.7 Å². The van der Waals surface area contributed by atoms with Crippen molar-refractivity contribution in [3.8, 4) is 0 Å². The van der Waals surface area contributed by atoms with Crippen LogP contribution >= 0.6 is 0 Å². The van der Waals surface area contributed by atoms with Crippen LogP contribution in [0.2, 0.25) is 0 Å². The Morgan fingerprint density at radius 3 is 2.26 bits per heavy atom. The Hall–Kier alpha value is -5.28. The number of hydrazine groups is 1. The minimum absolute atomic E-state index is 0.0729. The molecule has 0 aliphatic carbocycles. The number of likely N-dealkylation sites (tertiary alicyclic amines) is 1. The zero-order valence-corrected chi connectivity index (χ0v) is 25.9. The number of nitrogens with one attached hydrogen (secondary N) is 5. The molecule has 15 nitrogen and oxygen atoms in total. The summed E-state index contributed by atoms with van der Waals surface area (Å²) in [6.07, 6.45) is 0.315. The molecular formula is C32H38N6O9. The van der Waals surface area contributed by atoms with Gasteiger partial charge in [-0.15, -0.1) is 0 Å². The van der Waals surface area contributed by atoms with E-state index in [1.165, 1.54) is 0 Å². The van der Waals surface area contributed by atoms with Crippen LogP contribution in [0.15, 0.2) is 54.6 Å². The van der Waals surface area contributed by atoms with E-state index in [9.17, 15) is 38.4 Å². The Bertz CT molecular complexity index is 1450. The van der Waals surface area contributed by atoms with Gasteiger partial charge in [0.2, 0.25) is 35.3 Å². The van der Waals surface area contributed by atoms with Crippen LogP contribution in [0.5, 0.6) is 0 Å². The maximum absolute atomic E-state index is 13.0. The van der Waals surface area contributed by atoms with Gasteiger partial charge in [0.05, 0.1) is 19.6 Å². The predicted octanol–water partition coefficient (Wildman–Crippen LogP) is -0.451. The largest absolute Gasteiger partial charge is 0.463 e. The lowest BCUT2D eigenvalue weighted by atomic mass is 10.1. The smallest absolute Gasteiger partial charge is 0.293 e. The molecule has 5 N–H and O–H groups in total. The van der Waals surface area contributed by atoms with Crippen LogP contribution in [-0.2, 0) is 56.1 Å². The van der Waals surface area contributed by atoms with Crippen LogP contribution in [0.25, 0.3) is 0 Å². The van der Waals surface area contributed by atoms with Crippen LogP contribution in [0.3, 0.4) is 0 Å². The van der Waals surface area contributed by atoms with Crippen LogP contribution in [-0.4, -0.2) is 84.7 Å². The van der Waals surface area contributed by atoms with Crippen molar-refractivity contribution in [3.05, 3.63) is 65.7 Å². The lowest BCUT2D eigenvalue weighted by molar-refractivity contribution is -0.140. The molecule has 15 heteroatoms. The number of carbonyl (C=O) groups excluding carboxylic acids is 8. The summed E-state index contributed by atoms with van der Waals surface area (Å²) < 4.78 is 4.68. The van der Waals surface area contributed by atoms with E-state index in [4.69, 9.17) is 0 Å². The molecule has 2 aromatic rings. The van der Waals surface area contributed by atoms with Crippen molar-refractivity contribution in [1.82, 2.24) is 26.4 Å². The van der Waals surface area contributed by atoms with Crippen LogP contribution in [0.1, 0.15) is 37.3 Å². The Balaban J connectivity index is 1.41. The third kappa shape index (κ3) is 12.2. The van der Waals surface area contributed by atoms with Crippen molar-refractivity contribution < 1.29 is 43.1 Å². The molecule has 1 fully saturated rings. The summed E-state index contributed by atoms with van der Waals surface area (Å²) in [6, 6.07) is 14.5. The third-order valence-corrected chi connectivity index (χ3v) is 7.10. The van der Waals surface area contributed by atoms with Crippen LogP contribution < -0.4 is 26.8 Å². The lowest BCUT2D eigenvalue weighted by Crippen LogP contribution is -2.52. The summed E-state index contributed by atoms with van der Waals surface area (Å²) in [5.74, 6) is -4.07. The number of anilines is 1. The maximum atomic E-state index is 13.0. The van der Waals surface area contributed by atoms with Gasteiger partial charge in [0.25, 0.3) is 6.47 Å². The molecule has 0 saturated carbocycles. The molecule has 1 saturated heterocycles. The summed E-state index contributed by atoms with van der Waals surface area (Å²) in [7, 11) is 0. The van der Waals surface area contributed by atoms with Gasteiger partial charge in [-0.3, -0.25) is 43.3 Å². The highest BCUT2D eigenvalue weighted by Gasteiger charge is 2.35. The zero-order chi connectivity index (χ0) is 34.2. The summed E-state index contributed by atoms with van der Waals surface area (Å²) in [5.41, 5.74) is 7.00. The fraction of sp³-hybridized carbons (Fsp3) is 0.375. The van der Waals surface area contributed by atoms with Crippen molar-refractivity contribution in [3.63, 3.8) is 0 Å². The SMILES string of the molecule is CC1CC(=O)N(CCCC(=O)C(=O)CNNCC(=O)N[C@@H](Cc2ccccc2)C(=O)NCC(=O)Nc2ccc(COC=O)cc2)C1=O. The summed E-state index contributed by atoms with van der Waals surface area (Å²) in [5, 5.41) is 7.76. The van der Waals surface area contributed by atoms with E-state index in [2.05, 4.69) is 31.5 Å². The van der Waals surface area contributed by atoms with E-state index in [1.807, 2.05) is 0 Å². The first-order valence-corrected chi connectivity index (χ1v) is 15.0. The monoisotopic (exact) mass is 650 g/mol. The first kappa shape index (κ1) is 36.2. The topological polar surface area (TPSA) is 209 Å². The second-order valence-corrected chi connectivity index (χ2v) is 10.8. The van der Waals surface area contributed by atoms with Gasteiger partial charge in [-0.1, -0.05) is 49.4 Å². The van der Waals surface area contributed by atoms with Crippen molar-refractivity contribution in [2.45, 2.75) is 45.3 Å². The van der Waals surface area contributed by atoms with Crippen LogP contribution in [0, 0.1) is 5.92 Å². The van der Waals surface area contributed by atoms with E-state index in [1.54, 1.807) is 61.5 Å². The van der Waals surface area contributed by atoms with Crippen LogP contribution in [0.4, 0.5) is 5.69 Å². The summed E-state index contributed by atoms with van der Waals surface area (Å²) in [6.45, 7) is 1.06. The number of imide groups is 1. The second kappa shape index (κ2) is 18.6. The molecule has 1 unspecified atom stereocenters. The van der Waals surface area contributed by atoms with Gasteiger partial charge in [0, 0.05) is 37.4 Å². The number of amides is 5. The molecule has 5 amide bonds. The number of hydrogen-bond acceptors (Lipinski definition) is 11. The Morgan fingerprint density at radius 2 is 1.60 bits per heavy atom. The molecule has 0 radical (unpaired) electrons. The van der Waals surface area contributed by atoms with Gasteiger partial charge in [-0.2, -0.15) is 0 Å². The number of nitrogens with zero attached hydrogens (tertiary/aromatic N) is 1. The van der Waals surface area contributed by atoms with Gasteiger partial charge < -0.3 is 20.7 Å². The van der Waals surface area contributed by atoms with E-state index >= 15 is 0 Å². The zero-order valence-electron chi connectivity index (χ0n) is 25.9. The Morgan fingerprint density at radius 1 is 0.894 bits per heavy atom. The number of rotatable bonds is 20. The molecule has 2 atom stereocenters. The number of hydrogen-bond donors (Lipinski definition) is 5. The molecular weight excluding hydrogens is 612 g/mol. The molecule has 2 aromatic carbocycles. The van der Waals surface area contributed by atoms with E-state index in [0.717, 1.165) is 16.0 Å². The number of ketones is 2. The molecule has 0 spiro atoms. The number of ether oxygens (including phenoxy) is 1. The van der Waals surface area contributed by atoms with Gasteiger partial charge in [0.15, 0.2) is 5.78 Å². The van der Waals surface area contributed by atoms with Crippen molar-refractivity contribution in [2.75, 3.05) is 31.5 Å². The number of benzene rings is 2. The number of Topliss-reactive ketones (excluding diaryl/α,β-unsaturated/α-hetero) is 2. The molecule has 3 rings (SSSR count). The van der Waals surface area contributed by atoms with Gasteiger partial charge >= 0.3 is 0 Å². The minimum Gasteiger partial charge on any atom is -0.463 e. The first-order chi connectivity index (χ1) is 22.6. The van der Waals surface area contributed by atoms with E-state index in [0.29, 0.717) is 12.2 Å². The predicted molar refractivity (Wildman–Crippen MR) is 167 cm³/mol. The maximum Gasteiger partial charge on any atom is 0.293 e. The standard InChI is InChI=1S/C32H38N6O9/c1-21-14-30(44)38(32(21)46)13-5-8-26(40)27(41)16-34-35-18-29(43)37-25(15-22-6-3-2-4-7-22)31(45)33-17-28(42)36-24-11-9-23(10-12-24)19-47-20-39/h2-4,6-7,9-12,20-21,25,34-35H,5,8,13-19H2,1H3,(H,33,45)(H,36,42)(H,37,43)/t21?,25-/m0/s1. The third-order valence-electron chi connectivity index (χ3n) is 7.10. The fourth-order valence-corrected chi connectivity index (χ4v) is 4.62. The number of carbonyl (C=O) groups is 8. The second-order valence-electron chi connectivity index (χ2n) is 10.8. The average molecular weight is 651 g/mol. The normalized spacial score (nSPS) is 14.7. The fourth-order valence-electron chi connectivity index (χ4n) is 4.62. The molecule has 47 heavy (non-hydrogen) atoms. The quantitative estimate of drug-likeness (QED) is 0.0408. The van der Waals surface area contributed by atoms with E-state index < -0.39 is 41.9 Å². The van der Waals surface area contributed by atoms with Crippen molar-refractivity contribution in [2.24, 2.45) is 5.92 Å². The van der Waals surface area contributed by atoms with Gasteiger partial charge in [0.1, 0.15) is 12.6 Å². The Labute approximate surface area is 271 Å². The van der Waals surface area contributed by atoms with Crippen molar-refractivity contribution in [1.29, 1.82) is 0 Å².